The second-order valence-electron chi connectivity index (χ2n) is 7.59. The summed E-state index contributed by atoms with van der Waals surface area (Å²) >= 11 is 5.99. The molecule has 2 aromatic rings. The second kappa shape index (κ2) is 11.0. The quantitative estimate of drug-likeness (QED) is 0.615. The van der Waals surface area contributed by atoms with Gasteiger partial charge in [0.25, 0.3) is 0 Å². The van der Waals surface area contributed by atoms with Gasteiger partial charge in [-0.05, 0) is 43.5 Å². The third-order valence-electron chi connectivity index (χ3n) is 5.47. The van der Waals surface area contributed by atoms with Gasteiger partial charge in [0.15, 0.2) is 0 Å². The molecule has 0 aliphatic carbocycles. The van der Waals surface area contributed by atoms with E-state index >= 15 is 0 Å². The van der Waals surface area contributed by atoms with Crippen LogP contribution in [0.5, 0.6) is 0 Å². The zero-order chi connectivity index (χ0) is 23.1. The standard InChI is InChI=1S/C25H27ClN2O4/c1-3-32-25(31)24-17(2)28(16-22(29)27-14-13-18-7-5-4-6-8-18)23(30)15-21(24)19-9-11-20(26)12-10-19/h4-12,21H,3,13-16H2,1-2H3,(H,27,29). The first-order chi connectivity index (χ1) is 15.4. The van der Waals surface area contributed by atoms with Crippen LogP contribution in [-0.4, -0.2) is 42.4 Å². The molecule has 168 valence electrons. The predicted molar refractivity (Wildman–Crippen MR) is 123 cm³/mol. The molecule has 32 heavy (non-hydrogen) atoms. The van der Waals surface area contributed by atoms with Crippen LogP contribution in [0.15, 0.2) is 65.9 Å². The normalized spacial score (nSPS) is 16.2. The van der Waals surface area contributed by atoms with Gasteiger partial charge in [0.05, 0.1) is 12.2 Å². The van der Waals surface area contributed by atoms with Crippen LogP contribution in [0.25, 0.3) is 0 Å². The third kappa shape index (κ3) is 5.77. The number of nitrogens with one attached hydrogen (secondary N) is 1. The summed E-state index contributed by atoms with van der Waals surface area (Å²) in [4.78, 5) is 39.6. The number of nitrogens with zero attached hydrogens (tertiary/aromatic N) is 1. The van der Waals surface area contributed by atoms with E-state index < -0.39 is 11.9 Å². The van der Waals surface area contributed by atoms with E-state index in [4.69, 9.17) is 16.3 Å². The van der Waals surface area contributed by atoms with Crippen molar-refractivity contribution in [2.45, 2.75) is 32.6 Å². The molecule has 1 aliphatic rings. The Morgan fingerprint density at radius 2 is 1.81 bits per heavy atom. The summed E-state index contributed by atoms with van der Waals surface area (Å²) in [5.41, 5.74) is 2.76. The number of carbonyl (C=O) groups excluding carboxylic acids is 3. The van der Waals surface area contributed by atoms with E-state index in [9.17, 15) is 14.4 Å². The fourth-order valence-electron chi connectivity index (χ4n) is 3.85. The Hall–Kier alpha value is -3.12. The first-order valence-electron chi connectivity index (χ1n) is 10.6. The van der Waals surface area contributed by atoms with Crippen molar-refractivity contribution in [2.75, 3.05) is 19.7 Å². The molecule has 0 saturated carbocycles. The van der Waals surface area contributed by atoms with Gasteiger partial charge in [-0.1, -0.05) is 54.1 Å². The largest absolute Gasteiger partial charge is 0.463 e. The molecule has 2 amide bonds. The van der Waals surface area contributed by atoms with Crippen molar-refractivity contribution in [3.8, 4) is 0 Å². The number of hydrogen-bond acceptors (Lipinski definition) is 4. The molecular formula is C25H27ClN2O4. The van der Waals surface area contributed by atoms with Crippen LogP contribution in [0.4, 0.5) is 0 Å². The maximum Gasteiger partial charge on any atom is 0.336 e. The molecule has 6 nitrogen and oxygen atoms in total. The number of benzene rings is 2. The number of ether oxygens (including phenoxy) is 1. The van der Waals surface area contributed by atoms with E-state index in [-0.39, 0.29) is 31.4 Å². The molecule has 0 fully saturated rings. The molecule has 7 heteroatoms. The lowest BCUT2D eigenvalue weighted by atomic mass is 9.83. The molecule has 1 unspecified atom stereocenters. The zero-order valence-corrected chi connectivity index (χ0v) is 19.0. The number of amides is 2. The van der Waals surface area contributed by atoms with Crippen LogP contribution in [-0.2, 0) is 25.5 Å². The second-order valence-corrected chi connectivity index (χ2v) is 8.03. The Bertz CT molecular complexity index is 1000. The smallest absolute Gasteiger partial charge is 0.336 e. The van der Waals surface area contributed by atoms with Crippen molar-refractivity contribution < 1.29 is 19.1 Å². The Morgan fingerprint density at radius 3 is 2.47 bits per heavy atom. The lowest BCUT2D eigenvalue weighted by Crippen LogP contribution is -2.44. The van der Waals surface area contributed by atoms with Crippen LogP contribution in [0.2, 0.25) is 5.02 Å². The minimum absolute atomic E-state index is 0.0738. The molecule has 1 atom stereocenters. The van der Waals surface area contributed by atoms with Gasteiger partial charge < -0.3 is 15.0 Å². The van der Waals surface area contributed by atoms with E-state index in [0.29, 0.717) is 29.3 Å². The van der Waals surface area contributed by atoms with Crippen LogP contribution in [0.3, 0.4) is 0 Å². The number of rotatable bonds is 8. The summed E-state index contributed by atoms with van der Waals surface area (Å²) in [6.07, 6.45) is 0.770. The minimum atomic E-state index is -0.480. The van der Waals surface area contributed by atoms with E-state index in [1.165, 1.54) is 4.90 Å². The zero-order valence-electron chi connectivity index (χ0n) is 18.3. The van der Waals surface area contributed by atoms with E-state index in [1.54, 1.807) is 38.1 Å². The third-order valence-corrected chi connectivity index (χ3v) is 5.72. The van der Waals surface area contributed by atoms with Crippen LogP contribution < -0.4 is 5.32 Å². The monoisotopic (exact) mass is 454 g/mol. The number of esters is 1. The van der Waals surface area contributed by atoms with Crippen molar-refractivity contribution in [2.24, 2.45) is 0 Å². The van der Waals surface area contributed by atoms with Gasteiger partial charge in [0, 0.05) is 29.6 Å². The van der Waals surface area contributed by atoms with E-state index in [0.717, 1.165) is 11.1 Å². The molecule has 0 spiro atoms. The lowest BCUT2D eigenvalue weighted by Gasteiger charge is -2.34. The van der Waals surface area contributed by atoms with Crippen molar-refractivity contribution in [3.05, 3.63) is 82.0 Å². The van der Waals surface area contributed by atoms with Crippen molar-refractivity contribution in [1.29, 1.82) is 0 Å². The van der Waals surface area contributed by atoms with E-state index in [1.807, 2.05) is 30.3 Å². The number of allylic oxidation sites excluding steroid dienone is 1. The molecule has 0 radical (unpaired) electrons. The molecule has 3 rings (SSSR count). The molecule has 2 aromatic carbocycles. The summed E-state index contributed by atoms with van der Waals surface area (Å²) in [6, 6.07) is 16.9. The molecular weight excluding hydrogens is 428 g/mol. The summed E-state index contributed by atoms with van der Waals surface area (Å²) in [5.74, 6) is -1.42. The van der Waals surface area contributed by atoms with Gasteiger partial charge in [0.2, 0.25) is 11.8 Å². The van der Waals surface area contributed by atoms with Gasteiger partial charge in [-0.3, -0.25) is 9.59 Å². The highest BCUT2D eigenvalue weighted by atomic mass is 35.5. The van der Waals surface area contributed by atoms with Crippen LogP contribution in [0, 0.1) is 0 Å². The van der Waals surface area contributed by atoms with Crippen LogP contribution >= 0.6 is 11.6 Å². The average molecular weight is 455 g/mol. The van der Waals surface area contributed by atoms with Crippen LogP contribution in [0.1, 0.15) is 37.3 Å². The van der Waals surface area contributed by atoms with Gasteiger partial charge >= 0.3 is 5.97 Å². The highest BCUT2D eigenvalue weighted by Gasteiger charge is 2.37. The van der Waals surface area contributed by atoms with E-state index in [2.05, 4.69) is 5.32 Å². The van der Waals surface area contributed by atoms with Gasteiger partial charge in [-0.2, -0.15) is 0 Å². The van der Waals surface area contributed by atoms with Gasteiger partial charge in [0.1, 0.15) is 6.54 Å². The topological polar surface area (TPSA) is 75.7 Å². The Morgan fingerprint density at radius 1 is 1.12 bits per heavy atom. The van der Waals surface area contributed by atoms with Crippen molar-refractivity contribution >= 4 is 29.4 Å². The lowest BCUT2D eigenvalue weighted by molar-refractivity contribution is -0.141. The molecule has 0 saturated heterocycles. The number of hydrogen-bond donors (Lipinski definition) is 1. The molecule has 1 aliphatic heterocycles. The summed E-state index contributed by atoms with van der Waals surface area (Å²) < 4.78 is 5.27. The Kier molecular flexibility index (Phi) is 8.06. The summed E-state index contributed by atoms with van der Waals surface area (Å²) in [7, 11) is 0. The fourth-order valence-corrected chi connectivity index (χ4v) is 3.97. The molecule has 1 N–H and O–H groups in total. The van der Waals surface area contributed by atoms with Crippen molar-refractivity contribution in [1.82, 2.24) is 10.2 Å². The minimum Gasteiger partial charge on any atom is -0.463 e. The Balaban J connectivity index is 1.76. The molecule has 1 heterocycles. The molecule has 0 aromatic heterocycles. The maximum atomic E-state index is 12.9. The Labute approximate surface area is 193 Å². The van der Waals surface area contributed by atoms with Gasteiger partial charge in [-0.15, -0.1) is 0 Å². The number of carbonyl (C=O) groups is 3. The molecule has 0 bridgehead atoms. The average Bonchev–Trinajstić information content (AvgIpc) is 2.77. The fraction of sp³-hybridized carbons (Fsp3) is 0.320. The SMILES string of the molecule is CCOC(=O)C1=C(C)N(CC(=O)NCCc2ccccc2)C(=O)CC1c1ccc(Cl)cc1. The highest BCUT2D eigenvalue weighted by molar-refractivity contribution is 6.30. The highest BCUT2D eigenvalue weighted by Crippen LogP contribution is 2.37. The maximum absolute atomic E-state index is 12.9. The number of halogens is 1. The first kappa shape index (κ1) is 23.5. The van der Waals surface area contributed by atoms with Crippen molar-refractivity contribution in [3.63, 3.8) is 0 Å². The summed E-state index contributed by atoms with van der Waals surface area (Å²) in [5, 5.41) is 3.42. The predicted octanol–water partition coefficient (Wildman–Crippen LogP) is 3.85. The van der Waals surface area contributed by atoms with Gasteiger partial charge in [-0.25, -0.2) is 4.79 Å². The summed E-state index contributed by atoms with van der Waals surface area (Å²) in [6.45, 7) is 3.96. The first-order valence-corrected chi connectivity index (χ1v) is 11.0.